The molecule has 1 fully saturated rings. The molecule has 8 heteroatoms. The van der Waals surface area contributed by atoms with Gasteiger partial charge in [-0.2, -0.15) is 5.10 Å². The molecule has 0 radical (unpaired) electrons. The van der Waals surface area contributed by atoms with Crippen LogP contribution in [0, 0.1) is 10.1 Å². The maximum absolute atomic E-state index is 12.5. The predicted molar refractivity (Wildman–Crippen MR) is 81.2 cm³/mol. The van der Waals surface area contributed by atoms with E-state index >= 15 is 0 Å². The SMILES string of the molecule is Cn1cc([C@H]2CCN(C(=O)c3ccc([N+](=O)[O-])cc3O)C2)cn1. The van der Waals surface area contributed by atoms with Crippen molar-refractivity contribution in [1.82, 2.24) is 14.7 Å². The number of non-ortho nitro benzene ring substituents is 1. The van der Waals surface area contributed by atoms with E-state index in [0.29, 0.717) is 13.1 Å². The van der Waals surface area contributed by atoms with E-state index in [0.717, 1.165) is 18.1 Å². The van der Waals surface area contributed by atoms with Crippen molar-refractivity contribution in [3.8, 4) is 5.75 Å². The van der Waals surface area contributed by atoms with Gasteiger partial charge in [-0.05, 0) is 18.1 Å². The molecule has 0 unspecified atom stereocenters. The van der Waals surface area contributed by atoms with E-state index in [-0.39, 0.29) is 28.8 Å². The topological polar surface area (TPSA) is 102 Å². The summed E-state index contributed by atoms with van der Waals surface area (Å²) < 4.78 is 1.72. The molecule has 8 nitrogen and oxygen atoms in total. The number of rotatable bonds is 3. The van der Waals surface area contributed by atoms with E-state index in [1.807, 2.05) is 13.2 Å². The van der Waals surface area contributed by atoms with Gasteiger partial charge in [0, 0.05) is 38.3 Å². The number of aromatic hydroxyl groups is 1. The standard InChI is InChI=1S/C15H16N4O4/c1-17-8-11(7-16-17)10-4-5-18(9-10)15(21)13-3-2-12(19(22)23)6-14(13)20/h2-3,6-8,10,20H,4-5,9H2,1H3/t10-/m0/s1. The Labute approximate surface area is 132 Å². The molecule has 1 N–H and O–H groups in total. The van der Waals surface area contributed by atoms with Crippen molar-refractivity contribution in [2.75, 3.05) is 13.1 Å². The normalized spacial score (nSPS) is 17.4. The van der Waals surface area contributed by atoms with Crippen molar-refractivity contribution in [1.29, 1.82) is 0 Å². The number of nitro benzene ring substituents is 1. The highest BCUT2D eigenvalue weighted by atomic mass is 16.6. The average Bonchev–Trinajstić information content (AvgIpc) is 3.15. The number of aryl methyl sites for hydroxylation is 1. The molecule has 2 heterocycles. The van der Waals surface area contributed by atoms with Gasteiger partial charge >= 0.3 is 0 Å². The second kappa shape index (κ2) is 5.71. The van der Waals surface area contributed by atoms with Gasteiger partial charge in [-0.3, -0.25) is 19.6 Å². The Hall–Kier alpha value is -2.90. The highest BCUT2D eigenvalue weighted by Gasteiger charge is 2.30. The molecule has 0 spiro atoms. The predicted octanol–water partition coefficient (Wildman–Crippen LogP) is 1.66. The van der Waals surface area contributed by atoms with Crippen molar-refractivity contribution in [3.63, 3.8) is 0 Å². The van der Waals surface area contributed by atoms with Crippen LogP contribution in [0.1, 0.15) is 28.3 Å². The van der Waals surface area contributed by atoms with E-state index < -0.39 is 4.92 Å². The van der Waals surface area contributed by atoms with Crippen molar-refractivity contribution in [3.05, 3.63) is 51.8 Å². The van der Waals surface area contributed by atoms with Crippen LogP contribution in [0.2, 0.25) is 0 Å². The first kappa shape index (κ1) is 15.0. The second-order valence-electron chi connectivity index (χ2n) is 5.64. The van der Waals surface area contributed by atoms with Crippen LogP contribution >= 0.6 is 0 Å². The van der Waals surface area contributed by atoms with E-state index in [9.17, 15) is 20.0 Å². The minimum atomic E-state index is -0.609. The summed E-state index contributed by atoms with van der Waals surface area (Å²) in [5.41, 5.74) is 0.923. The first-order valence-corrected chi connectivity index (χ1v) is 7.21. The van der Waals surface area contributed by atoms with Gasteiger partial charge in [0.1, 0.15) is 5.75 Å². The lowest BCUT2D eigenvalue weighted by molar-refractivity contribution is -0.384. The van der Waals surface area contributed by atoms with Gasteiger partial charge in [0.2, 0.25) is 0 Å². The van der Waals surface area contributed by atoms with Gasteiger partial charge < -0.3 is 10.0 Å². The molecule has 1 saturated heterocycles. The number of likely N-dealkylation sites (tertiary alicyclic amines) is 1. The van der Waals surface area contributed by atoms with Gasteiger partial charge in [0.05, 0.1) is 22.7 Å². The summed E-state index contributed by atoms with van der Waals surface area (Å²) in [6.07, 6.45) is 4.55. The number of carbonyl (C=O) groups excluding carboxylic acids is 1. The van der Waals surface area contributed by atoms with Gasteiger partial charge in [-0.15, -0.1) is 0 Å². The molecule has 1 aromatic heterocycles. The molecule has 0 aliphatic carbocycles. The van der Waals surface area contributed by atoms with Crippen LogP contribution in [0.4, 0.5) is 5.69 Å². The Bertz CT molecular complexity index is 771. The van der Waals surface area contributed by atoms with Crippen molar-refractivity contribution < 1.29 is 14.8 Å². The fourth-order valence-electron chi connectivity index (χ4n) is 2.85. The summed E-state index contributed by atoms with van der Waals surface area (Å²) >= 11 is 0. The fraction of sp³-hybridized carbons (Fsp3) is 0.333. The maximum Gasteiger partial charge on any atom is 0.273 e. The van der Waals surface area contributed by atoms with Crippen LogP contribution in [0.5, 0.6) is 5.75 Å². The van der Waals surface area contributed by atoms with Crippen LogP contribution in [0.3, 0.4) is 0 Å². The Kier molecular flexibility index (Phi) is 3.73. The van der Waals surface area contributed by atoms with Crippen molar-refractivity contribution >= 4 is 11.6 Å². The Morgan fingerprint density at radius 3 is 2.87 bits per heavy atom. The first-order valence-electron chi connectivity index (χ1n) is 7.21. The molecule has 3 rings (SSSR count). The number of hydrogen-bond donors (Lipinski definition) is 1. The van der Waals surface area contributed by atoms with Gasteiger partial charge in [0.25, 0.3) is 11.6 Å². The van der Waals surface area contributed by atoms with Crippen LogP contribution in [0.15, 0.2) is 30.6 Å². The third-order valence-electron chi connectivity index (χ3n) is 4.09. The highest BCUT2D eigenvalue weighted by molar-refractivity contribution is 5.97. The third kappa shape index (κ3) is 2.87. The second-order valence-corrected chi connectivity index (χ2v) is 5.64. The van der Waals surface area contributed by atoms with Gasteiger partial charge in [0.15, 0.2) is 0 Å². The number of aromatic nitrogens is 2. The number of nitro groups is 1. The zero-order valence-corrected chi connectivity index (χ0v) is 12.5. The summed E-state index contributed by atoms with van der Waals surface area (Å²) in [4.78, 5) is 24.2. The third-order valence-corrected chi connectivity index (χ3v) is 4.09. The molecule has 1 aromatic carbocycles. The van der Waals surface area contributed by atoms with Crippen molar-refractivity contribution in [2.24, 2.45) is 7.05 Å². The number of phenolic OH excluding ortho intramolecular Hbond substituents is 1. The monoisotopic (exact) mass is 316 g/mol. The summed E-state index contributed by atoms with van der Waals surface area (Å²) in [5.74, 6) is -0.467. The number of amides is 1. The lowest BCUT2D eigenvalue weighted by Gasteiger charge is -2.17. The smallest absolute Gasteiger partial charge is 0.273 e. The van der Waals surface area contributed by atoms with E-state index in [1.54, 1.807) is 15.8 Å². The summed E-state index contributed by atoms with van der Waals surface area (Å²) in [6, 6.07) is 3.52. The van der Waals surface area contributed by atoms with Crippen LogP contribution in [0.25, 0.3) is 0 Å². The zero-order chi connectivity index (χ0) is 16.6. The molecule has 2 aromatic rings. The molecule has 0 bridgehead atoms. The number of hydrogen-bond acceptors (Lipinski definition) is 5. The Balaban J connectivity index is 1.75. The largest absolute Gasteiger partial charge is 0.507 e. The lowest BCUT2D eigenvalue weighted by Crippen LogP contribution is -2.28. The molecule has 1 aliphatic rings. The number of phenols is 1. The van der Waals surface area contributed by atoms with Crippen LogP contribution in [-0.2, 0) is 7.05 Å². The van der Waals surface area contributed by atoms with Crippen LogP contribution < -0.4 is 0 Å². The molecule has 1 aliphatic heterocycles. The summed E-state index contributed by atoms with van der Waals surface area (Å²) in [5, 5.41) is 24.7. The van der Waals surface area contributed by atoms with Gasteiger partial charge in [-0.1, -0.05) is 0 Å². The molecular weight excluding hydrogens is 300 g/mol. The Morgan fingerprint density at radius 2 is 2.26 bits per heavy atom. The maximum atomic E-state index is 12.5. The lowest BCUT2D eigenvalue weighted by atomic mass is 10.0. The number of carbonyl (C=O) groups is 1. The van der Waals surface area contributed by atoms with Crippen molar-refractivity contribution in [2.45, 2.75) is 12.3 Å². The highest BCUT2D eigenvalue weighted by Crippen LogP contribution is 2.30. The van der Waals surface area contributed by atoms with Crippen LogP contribution in [-0.4, -0.2) is 43.7 Å². The zero-order valence-electron chi connectivity index (χ0n) is 12.5. The summed E-state index contributed by atoms with van der Waals surface area (Å²) in [6.45, 7) is 1.12. The Morgan fingerprint density at radius 1 is 1.48 bits per heavy atom. The van der Waals surface area contributed by atoms with E-state index in [2.05, 4.69) is 5.10 Å². The quantitative estimate of drug-likeness (QED) is 0.685. The first-order chi connectivity index (χ1) is 11.0. The summed E-state index contributed by atoms with van der Waals surface area (Å²) in [7, 11) is 1.84. The number of benzene rings is 1. The molecule has 1 amide bonds. The molecule has 23 heavy (non-hydrogen) atoms. The minimum Gasteiger partial charge on any atom is -0.507 e. The fourth-order valence-corrected chi connectivity index (χ4v) is 2.85. The molecule has 120 valence electrons. The molecule has 0 saturated carbocycles. The average molecular weight is 316 g/mol. The molecule has 1 atom stereocenters. The minimum absolute atomic E-state index is 0.0856. The van der Waals surface area contributed by atoms with Gasteiger partial charge in [-0.25, -0.2) is 0 Å². The molecular formula is C15H16N4O4. The number of nitrogens with zero attached hydrogens (tertiary/aromatic N) is 4. The van der Waals surface area contributed by atoms with E-state index in [1.165, 1.54) is 12.1 Å². The van der Waals surface area contributed by atoms with E-state index in [4.69, 9.17) is 0 Å².